The van der Waals surface area contributed by atoms with E-state index in [0.717, 1.165) is 43.0 Å². The van der Waals surface area contributed by atoms with E-state index in [-0.39, 0.29) is 17.0 Å². The lowest BCUT2D eigenvalue weighted by Gasteiger charge is -2.36. The summed E-state index contributed by atoms with van der Waals surface area (Å²) in [5.74, 6) is 1.24. The van der Waals surface area contributed by atoms with Crippen LogP contribution in [-0.4, -0.2) is 72.7 Å². The molecule has 210 valence electrons. The third-order valence-corrected chi connectivity index (χ3v) is 12.5. The Bertz CT molecular complexity index is 1090. The van der Waals surface area contributed by atoms with E-state index in [4.69, 9.17) is 13.9 Å². The predicted octanol–water partition coefficient (Wildman–Crippen LogP) is 5.65. The first-order valence-corrected chi connectivity index (χ1v) is 16.5. The van der Waals surface area contributed by atoms with Gasteiger partial charge in [0, 0.05) is 37.4 Å². The van der Waals surface area contributed by atoms with Crippen molar-refractivity contribution >= 4 is 19.9 Å². The van der Waals surface area contributed by atoms with E-state index in [1.807, 2.05) is 44.2 Å². The zero-order chi connectivity index (χ0) is 28.1. The first kappa shape index (κ1) is 30.0. The fourth-order valence-corrected chi connectivity index (χ4v) is 5.24. The number of ether oxygens (including phenoxy) is 2. The Morgan fingerprint density at radius 1 is 1.03 bits per heavy atom. The smallest absolute Gasteiger partial charge is 0.252 e. The summed E-state index contributed by atoms with van der Waals surface area (Å²) in [6.45, 7) is 20.1. The maximum absolute atomic E-state index is 13.3. The minimum absolute atomic E-state index is 0.0768. The second-order valence-corrected chi connectivity index (χ2v) is 16.7. The molecule has 3 rings (SSSR count). The van der Waals surface area contributed by atoms with E-state index in [0.29, 0.717) is 30.3 Å². The largest absolute Gasteiger partial charge is 0.493 e. The molecule has 0 spiro atoms. The van der Waals surface area contributed by atoms with Crippen molar-refractivity contribution in [3.05, 3.63) is 53.1 Å². The molecule has 1 aliphatic heterocycles. The number of aryl methyl sites for hydroxylation is 1. The van der Waals surface area contributed by atoms with Crippen LogP contribution in [0.2, 0.25) is 18.1 Å². The minimum Gasteiger partial charge on any atom is -0.493 e. The molecule has 0 saturated carbocycles. The van der Waals surface area contributed by atoms with E-state index in [1.54, 1.807) is 7.11 Å². The van der Waals surface area contributed by atoms with Crippen LogP contribution in [-0.2, 0) is 4.43 Å². The number of carbonyl (C=O) groups is 1. The molecular formula is C30H47N3O4Si. The molecule has 0 bridgehead atoms. The number of amides is 1. The zero-order valence-electron chi connectivity index (χ0n) is 24.8. The van der Waals surface area contributed by atoms with Crippen molar-refractivity contribution in [2.45, 2.75) is 58.8 Å². The number of benzene rings is 2. The molecule has 8 heteroatoms. The summed E-state index contributed by atoms with van der Waals surface area (Å²) in [5, 5.41) is 3.33. The van der Waals surface area contributed by atoms with Crippen molar-refractivity contribution in [3.8, 4) is 11.5 Å². The van der Waals surface area contributed by atoms with Crippen LogP contribution < -0.4 is 19.7 Å². The molecule has 1 atom stereocenters. The maximum Gasteiger partial charge on any atom is 0.252 e. The van der Waals surface area contributed by atoms with Gasteiger partial charge in [0.15, 0.2) is 19.8 Å². The van der Waals surface area contributed by atoms with Crippen LogP contribution in [0.3, 0.4) is 0 Å². The van der Waals surface area contributed by atoms with Gasteiger partial charge < -0.3 is 29.0 Å². The second-order valence-electron chi connectivity index (χ2n) is 11.9. The Kier molecular flexibility index (Phi) is 9.89. The lowest BCUT2D eigenvalue weighted by molar-refractivity contribution is 0.0939. The SMILES string of the molecule is COc1ccc([C@@H](C)NC(=O)c2cc(N3CCN(C)CC3)ccc2C)cc1OCCO[Si](C)(C)C(C)(C)C. The molecular weight excluding hydrogens is 494 g/mol. The summed E-state index contributed by atoms with van der Waals surface area (Å²) in [4.78, 5) is 18.0. The van der Waals surface area contributed by atoms with Crippen molar-refractivity contribution in [1.29, 1.82) is 0 Å². The molecule has 1 fully saturated rings. The Balaban J connectivity index is 1.66. The Labute approximate surface area is 230 Å². The Morgan fingerprint density at radius 3 is 2.34 bits per heavy atom. The summed E-state index contributed by atoms with van der Waals surface area (Å²) in [6.07, 6.45) is 0. The number of nitrogens with one attached hydrogen (secondary N) is 1. The predicted molar refractivity (Wildman–Crippen MR) is 158 cm³/mol. The standard InChI is InChI=1S/C30H47N3O4Si/c1-22-10-12-25(33-16-14-32(6)15-17-33)21-26(22)29(34)31-23(2)24-11-13-27(35-7)28(20-24)36-18-19-37-38(8,9)30(3,4)5/h10-13,20-21,23H,14-19H2,1-9H3,(H,31,34)/t23-/m1/s1. The summed E-state index contributed by atoms with van der Waals surface area (Å²) >= 11 is 0. The molecule has 7 nitrogen and oxygen atoms in total. The lowest BCUT2D eigenvalue weighted by Crippen LogP contribution is -2.44. The number of rotatable bonds is 10. The van der Waals surface area contributed by atoms with Gasteiger partial charge in [-0.1, -0.05) is 32.9 Å². The summed E-state index contributed by atoms with van der Waals surface area (Å²) in [5.41, 5.74) is 3.72. The molecule has 1 N–H and O–H groups in total. The first-order chi connectivity index (χ1) is 17.8. The van der Waals surface area contributed by atoms with Crippen LogP contribution in [0.4, 0.5) is 5.69 Å². The van der Waals surface area contributed by atoms with Gasteiger partial charge in [0.05, 0.1) is 19.8 Å². The summed E-state index contributed by atoms with van der Waals surface area (Å²) in [6, 6.07) is 11.8. The summed E-state index contributed by atoms with van der Waals surface area (Å²) in [7, 11) is 1.95. The number of likely N-dealkylation sites (N-methyl/N-ethyl adjacent to an activating group) is 1. The van der Waals surface area contributed by atoms with E-state index in [9.17, 15) is 4.79 Å². The van der Waals surface area contributed by atoms with Crippen LogP contribution in [0.5, 0.6) is 11.5 Å². The van der Waals surface area contributed by atoms with Gasteiger partial charge in [-0.2, -0.15) is 0 Å². The Hall–Kier alpha value is -2.55. The van der Waals surface area contributed by atoms with E-state index in [2.05, 4.69) is 62.1 Å². The normalized spacial score (nSPS) is 15.8. The van der Waals surface area contributed by atoms with E-state index in [1.165, 1.54) is 0 Å². The first-order valence-electron chi connectivity index (χ1n) is 13.6. The van der Waals surface area contributed by atoms with E-state index < -0.39 is 8.32 Å². The van der Waals surface area contributed by atoms with Crippen molar-refractivity contribution in [1.82, 2.24) is 10.2 Å². The van der Waals surface area contributed by atoms with Gasteiger partial charge >= 0.3 is 0 Å². The Morgan fingerprint density at radius 2 is 1.71 bits per heavy atom. The number of hydrogen-bond acceptors (Lipinski definition) is 6. The van der Waals surface area contributed by atoms with Crippen molar-refractivity contribution in [2.24, 2.45) is 0 Å². The highest BCUT2D eigenvalue weighted by molar-refractivity contribution is 6.74. The van der Waals surface area contributed by atoms with Crippen molar-refractivity contribution in [2.75, 3.05) is 58.5 Å². The van der Waals surface area contributed by atoms with Gasteiger partial charge in [-0.15, -0.1) is 0 Å². The van der Waals surface area contributed by atoms with E-state index >= 15 is 0 Å². The number of anilines is 1. The number of carbonyl (C=O) groups excluding carboxylic acids is 1. The topological polar surface area (TPSA) is 63.3 Å². The third-order valence-electron chi connectivity index (χ3n) is 7.98. The average Bonchev–Trinajstić information content (AvgIpc) is 2.86. The molecule has 0 unspecified atom stereocenters. The average molecular weight is 542 g/mol. The van der Waals surface area contributed by atoms with Crippen LogP contribution >= 0.6 is 0 Å². The van der Waals surface area contributed by atoms with Gasteiger partial charge in [0.1, 0.15) is 6.61 Å². The highest BCUT2D eigenvalue weighted by Gasteiger charge is 2.37. The molecule has 2 aromatic carbocycles. The quantitative estimate of drug-likeness (QED) is 0.310. The van der Waals surface area contributed by atoms with Crippen molar-refractivity contribution < 1.29 is 18.7 Å². The van der Waals surface area contributed by atoms with Gasteiger partial charge in [-0.05, 0) is 74.4 Å². The monoisotopic (exact) mass is 541 g/mol. The second kappa shape index (κ2) is 12.5. The minimum atomic E-state index is -1.83. The number of methoxy groups -OCH3 is 1. The van der Waals surface area contributed by atoms with Crippen LogP contribution in [0, 0.1) is 6.92 Å². The maximum atomic E-state index is 13.3. The highest BCUT2D eigenvalue weighted by atomic mass is 28.4. The zero-order valence-corrected chi connectivity index (χ0v) is 25.8. The number of hydrogen-bond donors (Lipinski definition) is 1. The number of piperazine rings is 1. The van der Waals surface area contributed by atoms with Gasteiger partial charge in [-0.25, -0.2) is 0 Å². The molecule has 1 amide bonds. The van der Waals surface area contributed by atoms with Crippen LogP contribution in [0.1, 0.15) is 55.2 Å². The van der Waals surface area contributed by atoms with Crippen LogP contribution in [0.15, 0.2) is 36.4 Å². The fourth-order valence-electron chi connectivity index (χ4n) is 4.21. The molecule has 1 aliphatic rings. The van der Waals surface area contributed by atoms with Crippen LogP contribution in [0.25, 0.3) is 0 Å². The van der Waals surface area contributed by atoms with Gasteiger partial charge in [0.2, 0.25) is 0 Å². The fraction of sp³-hybridized carbons (Fsp3) is 0.567. The molecule has 38 heavy (non-hydrogen) atoms. The van der Waals surface area contributed by atoms with Gasteiger partial charge in [-0.3, -0.25) is 4.79 Å². The molecule has 2 aromatic rings. The molecule has 1 saturated heterocycles. The third kappa shape index (κ3) is 7.52. The lowest BCUT2D eigenvalue weighted by atomic mass is 10.0. The molecule has 1 heterocycles. The molecule has 0 aromatic heterocycles. The highest BCUT2D eigenvalue weighted by Crippen LogP contribution is 2.36. The van der Waals surface area contributed by atoms with Crippen molar-refractivity contribution in [3.63, 3.8) is 0 Å². The van der Waals surface area contributed by atoms with Gasteiger partial charge in [0.25, 0.3) is 5.91 Å². The molecule has 0 aliphatic carbocycles. The summed E-state index contributed by atoms with van der Waals surface area (Å²) < 4.78 is 17.8. The number of nitrogens with zero attached hydrogens (tertiary/aromatic N) is 2. The molecule has 0 radical (unpaired) electrons.